The van der Waals surface area contributed by atoms with Gasteiger partial charge in [-0.25, -0.2) is 0 Å². The second-order valence-corrected chi connectivity index (χ2v) is 9.88. The third kappa shape index (κ3) is 2.57. The first-order valence-electron chi connectivity index (χ1n) is 10.6. The van der Waals surface area contributed by atoms with Gasteiger partial charge in [0.1, 0.15) is 6.10 Å². The zero-order valence-electron chi connectivity index (χ0n) is 16.9. The Hall–Kier alpha value is -2.21. The van der Waals surface area contributed by atoms with Crippen LogP contribution in [0.3, 0.4) is 0 Å². The molecule has 31 heavy (non-hydrogen) atoms. The number of hydrogen-bond donors (Lipinski definition) is 2. The summed E-state index contributed by atoms with van der Waals surface area (Å²) in [5.41, 5.74) is 2.59. The van der Waals surface area contributed by atoms with Gasteiger partial charge in [-0.3, -0.25) is 4.79 Å². The Kier molecular flexibility index (Phi) is 4.17. The molecule has 4 aliphatic rings. The maximum absolute atomic E-state index is 13.0. The van der Waals surface area contributed by atoms with E-state index in [1.54, 1.807) is 24.3 Å². The number of rotatable bonds is 2. The van der Waals surface area contributed by atoms with Crippen LogP contribution in [0.1, 0.15) is 27.9 Å². The first-order chi connectivity index (χ1) is 14.9. The number of benzene rings is 2. The van der Waals surface area contributed by atoms with Gasteiger partial charge in [0.15, 0.2) is 11.5 Å². The van der Waals surface area contributed by atoms with Crippen molar-refractivity contribution in [1.82, 2.24) is 10.2 Å². The Morgan fingerprint density at radius 1 is 1.23 bits per heavy atom. The van der Waals surface area contributed by atoms with Gasteiger partial charge >= 0.3 is 0 Å². The van der Waals surface area contributed by atoms with Gasteiger partial charge in [0, 0.05) is 28.5 Å². The van der Waals surface area contributed by atoms with Crippen LogP contribution in [0.15, 0.2) is 42.5 Å². The summed E-state index contributed by atoms with van der Waals surface area (Å²) in [4.78, 5) is 15.5. The van der Waals surface area contributed by atoms with Crippen molar-refractivity contribution in [2.24, 2.45) is 5.92 Å². The molecule has 2 aliphatic heterocycles. The summed E-state index contributed by atoms with van der Waals surface area (Å²) in [6.45, 7) is 0.955. The summed E-state index contributed by atoms with van der Waals surface area (Å²) >= 11 is 12.1. The highest BCUT2D eigenvalue weighted by atomic mass is 35.5. The minimum Gasteiger partial charge on any atom is -0.504 e. The highest BCUT2D eigenvalue weighted by Gasteiger charge is 2.64. The molecule has 0 saturated carbocycles. The molecule has 1 spiro atoms. The molecule has 0 aromatic heterocycles. The fourth-order valence-corrected chi connectivity index (χ4v) is 6.56. The third-order valence-corrected chi connectivity index (χ3v) is 8.39. The third-order valence-electron chi connectivity index (χ3n) is 7.66. The number of phenols is 1. The number of halogens is 2. The number of piperidine rings is 1. The highest BCUT2D eigenvalue weighted by Crippen LogP contribution is 2.62. The number of ether oxygens (including phenoxy) is 1. The lowest BCUT2D eigenvalue weighted by Gasteiger charge is -2.57. The van der Waals surface area contributed by atoms with E-state index >= 15 is 0 Å². The Labute approximate surface area is 190 Å². The van der Waals surface area contributed by atoms with Gasteiger partial charge in [0.2, 0.25) is 0 Å². The zero-order valence-corrected chi connectivity index (χ0v) is 18.5. The lowest BCUT2D eigenvalue weighted by molar-refractivity contribution is -0.00855. The second-order valence-electron chi connectivity index (χ2n) is 9.07. The minimum atomic E-state index is -0.319. The van der Waals surface area contributed by atoms with Crippen LogP contribution < -0.4 is 10.1 Å². The van der Waals surface area contributed by atoms with Crippen molar-refractivity contribution in [3.63, 3.8) is 0 Å². The largest absolute Gasteiger partial charge is 0.504 e. The fraction of sp³-hybridized carbons (Fsp3) is 0.375. The van der Waals surface area contributed by atoms with Crippen molar-refractivity contribution in [3.8, 4) is 11.5 Å². The normalized spacial score (nSPS) is 32.4. The van der Waals surface area contributed by atoms with E-state index in [2.05, 4.69) is 29.4 Å². The fourth-order valence-electron chi connectivity index (χ4n) is 6.26. The molecule has 7 heteroatoms. The van der Waals surface area contributed by atoms with E-state index in [1.165, 1.54) is 5.56 Å². The summed E-state index contributed by atoms with van der Waals surface area (Å²) in [5, 5.41) is 14.5. The van der Waals surface area contributed by atoms with Gasteiger partial charge in [-0.2, -0.15) is 0 Å². The summed E-state index contributed by atoms with van der Waals surface area (Å²) < 4.78 is 6.46. The molecule has 160 valence electrons. The van der Waals surface area contributed by atoms with Gasteiger partial charge in [0.05, 0.1) is 16.1 Å². The number of aromatic hydroxyl groups is 1. The van der Waals surface area contributed by atoms with Crippen LogP contribution in [0.4, 0.5) is 0 Å². The predicted molar refractivity (Wildman–Crippen MR) is 119 cm³/mol. The summed E-state index contributed by atoms with van der Waals surface area (Å²) in [7, 11) is 2.18. The summed E-state index contributed by atoms with van der Waals surface area (Å²) in [6.07, 6.45) is 5.90. The molecule has 2 aliphatic carbocycles. The van der Waals surface area contributed by atoms with E-state index < -0.39 is 0 Å². The van der Waals surface area contributed by atoms with Crippen molar-refractivity contribution in [1.29, 1.82) is 0 Å². The molecule has 6 rings (SSSR count). The number of nitrogens with one attached hydrogen (secondary N) is 1. The molecule has 2 N–H and O–H groups in total. The van der Waals surface area contributed by atoms with Crippen molar-refractivity contribution in [2.75, 3.05) is 13.6 Å². The summed E-state index contributed by atoms with van der Waals surface area (Å²) in [6, 6.07) is 8.69. The van der Waals surface area contributed by atoms with Crippen LogP contribution >= 0.6 is 23.2 Å². The molecule has 5 atom stereocenters. The van der Waals surface area contributed by atoms with Gasteiger partial charge in [-0.05, 0) is 56.3 Å². The van der Waals surface area contributed by atoms with Gasteiger partial charge in [-0.15, -0.1) is 0 Å². The van der Waals surface area contributed by atoms with E-state index in [-0.39, 0.29) is 35.1 Å². The number of amides is 1. The first-order valence-corrected chi connectivity index (χ1v) is 11.3. The molecule has 0 radical (unpaired) electrons. The van der Waals surface area contributed by atoms with Crippen LogP contribution in [0.5, 0.6) is 11.5 Å². The first kappa shape index (κ1) is 19.5. The number of likely N-dealkylation sites (N-methyl/N-ethyl adjacent to an activating group) is 1. The second kappa shape index (κ2) is 6.64. The molecule has 1 amide bonds. The molecule has 2 heterocycles. The van der Waals surface area contributed by atoms with Gasteiger partial charge in [0.25, 0.3) is 5.91 Å². The number of hydrogen-bond acceptors (Lipinski definition) is 4. The summed E-state index contributed by atoms with van der Waals surface area (Å²) in [5.74, 6) is 0.818. The number of carbonyl (C=O) groups excluding carboxylic acids is 1. The van der Waals surface area contributed by atoms with E-state index in [1.807, 2.05) is 6.07 Å². The van der Waals surface area contributed by atoms with Gasteiger partial charge < -0.3 is 20.1 Å². The van der Waals surface area contributed by atoms with E-state index in [0.717, 1.165) is 24.9 Å². The maximum atomic E-state index is 13.0. The number of carbonyl (C=O) groups is 1. The molecule has 2 aromatic rings. The average molecular weight is 457 g/mol. The minimum absolute atomic E-state index is 0.174. The molecule has 2 bridgehead atoms. The van der Waals surface area contributed by atoms with Crippen LogP contribution in [0.25, 0.3) is 0 Å². The van der Waals surface area contributed by atoms with Crippen molar-refractivity contribution < 1.29 is 14.6 Å². The SMILES string of the molecule is CN1CC[C@]23c4c5ccc(O)c4OC2[C@H](NC(=O)c2ccc(Cl)c(Cl)c2)C=CC3[C@H]1C5. The molecule has 2 aromatic carbocycles. The topological polar surface area (TPSA) is 61.8 Å². The molecule has 2 unspecified atom stereocenters. The Balaban J connectivity index is 1.41. The molecule has 5 nitrogen and oxygen atoms in total. The van der Waals surface area contributed by atoms with Crippen molar-refractivity contribution in [3.05, 3.63) is 69.2 Å². The van der Waals surface area contributed by atoms with Crippen LogP contribution in [0, 0.1) is 5.92 Å². The van der Waals surface area contributed by atoms with Crippen LogP contribution in [0.2, 0.25) is 10.0 Å². The lowest BCUT2D eigenvalue weighted by atomic mass is 9.53. The Bertz CT molecular complexity index is 1150. The Morgan fingerprint density at radius 3 is 2.87 bits per heavy atom. The number of phenolic OH excluding ortho intramolecular Hbond substituents is 1. The monoisotopic (exact) mass is 456 g/mol. The van der Waals surface area contributed by atoms with Crippen molar-refractivity contribution >= 4 is 29.1 Å². The van der Waals surface area contributed by atoms with Crippen molar-refractivity contribution in [2.45, 2.75) is 36.4 Å². The van der Waals surface area contributed by atoms with E-state index in [4.69, 9.17) is 27.9 Å². The molecule has 1 fully saturated rings. The molecule has 1 saturated heterocycles. The molecular formula is C24H22Cl2N2O3. The Morgan fingerprint density at radius 2 is 2.06 bits per heavy atom. The smallest absolute Gasteiger partial charge is 0.251 e. The number of likely N-dealkylation sites (tertiary alicyclic amines) is 1. The maximum Gasteiger partial charge on any atom is 0.251 e. The van der Waals surface area contributed by atoms with Crippen LogP contribution in [-0.4, -0.2) is 47.7 Å². The highest BCUT2D eigenvalue weighted by molar-refractivity contribution is 6.42. The molecular weight excluding hydrogens is 435 g/mol. The standard InChI is InChI=1S/C24H22Cl2N2O3/c1-28-9-8-24-14-4-6-17(27-23(30)13-2-5-15(25)16(26)10-13)22(24)31-21-19(29)7-3-12(20(21)24)11-18(14)28/h2-7,10,14,17-18,22,29H,8-9,11H2,1H3,(H,27,30)/t14?,17-,18-,22?,24+/m1/s1. The van der Waals surface area contributed by atoms with Crippen LogP contribution in [-0.2, 0) is 11.8 Å². The van der Waals surface area contributed by atoms with Gasteiger partial charge in [-0.1, -0.05) is 41.4 Å². The predicted octanol–water partition coefficient (Wildman–Crippen LogP) is 3.94. The average Bonchev–Trinajstić information content (AvgIpc) is 3.11. The number of nitrogens with zero attached hydrogens (tertiary/aromatic N) is 1. The quantitative estimate of drug-likeness (QED) is 0.671. The van der Waals surface area contributed by atoms with E-state index in [9.17, 15) is 9.90 Å². The zero-order chi connectivity index (χ0) is 21.5. The van der Waals surface area contributed by atoms with E-state index in [0.29, 0.717) is 27.4 Å². The lowest BCUT2D eigenvalue weighted by Crippen LogP contribution is -2.66.